The number of benzene rings is 2. The molecule has 0 atom stereocenters. The molecule has 3 aromatic rings. The molecule has 13 heteroatoms. The molecule has 1 aromatic heterocycles. The summed E-state index contributed by atoms with van der Waals surface area (Å²) in [5.74, 6) is 0.543. The maximum absolute atomic E-state index is 12.7. The molecule has 0 saturated carbocycles. The Morgan fingerprint density at radius 3 is 2.14 bits per heavy atom. The molecule has 0 saturated heterocycles. The van der Waals surface area contributed by atoms with Crippen LogP contribution in [0.1, 0.15) is 50.5 Å². The van der Waals surface area contributed by atoms with E-state index in [0.717, 1.165) is 5.56 Å². The van der Waals surface area contributed by atoms with E-state index in [-0.39, 0.29) is 29.7 Å². The van der Waals surface area contributed by atoms with Gasteiger partial charge in [-0.15, -0.1) is 0 Å². The third-order valence-corrected chi connectivity index (χ3v) is 5.48. The topological polar surface area (TPSA) is 174 Å². The molecule has 6 N–H and O–H groups in total. The summed E-state index contributed by atoms with van der Waals surface area (Å²) in [5, 5.41) is 13.3. The van der Waals surface area contributed by atoms with E-state index in [1.165, 1.54) is 14.2 Å². The molecule has 0 aliphatic carbocycles. The zero-order chi connectivity index (χ0) is 30.9. The van der Waals surface area contributed by atoms with Gasteiger partial charge in [-0.1, -0.05) is 30.3 Å². The van der Waals surface area contributed by atoms with E-state index in [0.29, 0.717) is 17.2 Å². The van der Waals surface area contributed by atoms with Crippen molar-refractivity contribution in [3.05, 3.63) is 59.7 Å². The van der Waals surface area contributed by atoms with Gasteiger partial charge in [0.2, 0.25) is 5.95 Å². The van der Waals surface area contributed by atoms with Crippen molar-refractivity contribution in [1.82, 2.24) is 15.3 Å². The minimum absolute atomic E-state index is 0.0290. The van der Waals surface area contributed by atoms with Gasteiger partial charge >= 0.3 is 6.09 Å². The maximum atomic E-state index is 12.7. The van der Waals surface area contributed by atoms with Crippen LogP contribution in [-0.2, 0) is 4.74 Å². The van der Waals surface area contributed by atoms with E-state index >= 15 is 0 Å². The monoisotopic (exact) mass is 578 g/mol. The van der Waals surface area contributed by atoms with Crippen molar-refractivity contribution < 1.29 is 23.8 Å². The Morgan fingerprint density at radius 2 is 1.57 bits per heavy atom. The Labute approximate surface area is 245 Å². The first-order chi connectivity index (χ1) is 19.8. The van der Waals surface area contributed by atoms with E-state index in [9.17, 15) is 9.59 Å². The van der Waals surface area contributed by atoms with Crippen molar-refractivity contribution in [2.24, 2.45) is 10.8 Å². The lowest BCUT2D eigenvalue weighted by Crippen LogP contribution is -2.50. The highest BCUT2D eigenvalue weighted by Crippen LogP contribution is 2.31. The fourth-order valence-corrected chi connectivity index (χ4v) is 3.59. The molecule has 0 fully saturated rings. The Bertz CT molecular complexity index is 1400. The van der Waals surface area contributed by atoms with Gasteiger partial charge in [-0.3, -0.25) is 10.2 Å². The number of ether oxygens (including phenoxy) is 3. The van der Waals surface area contributed by atoms with Crippen molar-refractivity contribution in [2.75, 3.05) is 36.8 Å². The number of anilines is 4. The summed E-state index contributed by atoms with van der Waals surface area (Å²) in [7, 11) is 3.06. The normalized spacial score (nSPS) is 11.5. The number of hydrogen-bond donors (Lipinski definition) is 5. The number of amides is 2. The van der Waals surface area contributed by atoms with Crippen molar-refractivity contribution >= 4 is 41.5 Å². The smallest absolute Gasteiger partial charge is 0.408 e. The standard InChI is InChI=1S/C29H38N8O5/c1-28(2,3)42-27(39)36-29(4,5)17-31-26-34-24(33-19-13-20(40-6)15-21(14-19)41-7)22(23(30)38)25(35-26)37-32-16-18-11-9-8-10-12-18/h8-16H,17H2,1-7H3,(H2,30,38)(H,36,39)(H3,31,33,34,35,37). The molecule has 2 aromatic carbocycles. The number of methoxy groups -OCH3 is 2. The lowest BCUT2D eigenvalue weighted by atomic mass is 10.1. The highest BCUT2D eigenvalue weighted by molar-refractivity contribution is 6.03. The molecule has 0 unspecified atom stereocenters. The molecule has 0 bridgehead atoms. The average molecular weight is 579 g/mol. The molecule has 224 valence electrons. The molecule has 1 heterocycles. The summed E-state index contributed by atoms with van der Waals surface area (Å²) in [6.07, 6.45) is 1.01. The Hall–Kier alpha value is -5.07. The number of hydrazone groups is 1. The second-order valence-electron chi connectivity index (χ2n) is 10.9. The minimum atomic E-state index is -0.789. The lowest BCUT2D eigenvalue weighted by molar-refractivity contribution is 0.0477. The van der Waals surface area contributed by atoms with Gasteiger partial charge in [0.1, 0.15) is 22.7 Å². The second-order valence-corrected chi connectivity index (χ2v) is 10.9. The Morgan fingerprint density at radius 1 is 0.952 bits per heavy atom. The zero-order valence-electron chi connectivity index (χ0n) is 24.9. The number of aromatic nitrogens is 2. The fraction of sp³-hybridized carbons (Fsp3) is 0.345. The van der Waals surface area contributed by atoms with Crippen LogP contribution in [0.15, 0.2) is 53.6 Å². The summed E-state index contributed by atoms with van der Waals surface area (Å²) >= 11 is 0. The summed E-state index contributed by atoms with van der Waals surface area (Å²) in [4.78, 5) is 34.0. The number of rotatable bonds is 12. The van der Waals surface area contributed by atoms with Crippen LogP contribution < -0.4 is 36.6 Å². The van der Waals surface area contributed by atoms with Crippen LogP contribution in [0.5, 0.6) is 11.5 Å². The minimum Gasteiger partial charge on any atom is -0.497 e. The first-order valence-electron chi connectivity index (χ1n) is 13.1. The van der Waals surface area contributed by atoms with Crippen LogP contribution in [0.2, 0.25) is 0 Å². The third-order valence-electron chi connectivity index (χ3n) is 5.48. The molecule has 2 amide bonds. The van der Waals surface area contributed by atoms with E-state index < -0.39 is 23.1 Å². The number of carbonyl (C=O) groups is 2. The van der Waals surface area contributed by atoms with E-state index in [1.54, 1.807) is 45.2 Å². The van der Waals surface area contributed by atoms with Gasteiger partial charge in [0, 0.05) is 30.4 Å². The van der Waals surface area contributed by atoms with Crippen LogP contribution >= 0.6 is 0 Å². The lowest BCUT2D eigenvalue weighted by Gasteiger charge is -2.29. The highest BCUT2D eigenvalue weighted by Gasteiger charge is 2.26. The predicted molar refractivity (Wildman–Crippen MR) is 163 cm³/mol. The van der Waals surface area contributed by atoms with Crippen molar-refractivity contribution in [2.45, 2.75) is 45.8 Å². The Kier molecular flexibility index (Phi) is 10.1. The van der Waals surface area contributed by atoms with Crippen molar-refractivity contribution in [1.29, 1.82) is 0 Å². The van der Waals surface area contributed by atoms with E-state index in [2.05, 4.69) is 36.4 Å². The van der Waals surface area contributed by atoms with Crippen LogP contribution in [0.25, 0.3) is 0 Å². The summed E-state index contributed by atoms with van der Waals surface area (Å²) in [5.41, 5.74) is 8.50. The number of nitrogens with one attached hydrogen (secondary N) is 4. The van der Waals surface area contributed by atoms with Crippen LogP contribution in [0.3, 0.4) is 0 Å². The van der Waals surface area contributed by atoms with Gasteiger partial charge < -0.3 is 35.9 Å². The number of alkyl carbamates (subject to hydrolysis) is 1. The van der Waals surface area contributed by atoms with Crippen LogP contribution in [0.4, 0.5) is 28.1 Å². The fourth-order valence-electron chi connectivity index (χ4n) is 3.59. The number of carbonyl (C=O) groups excluding carboxylic acids is 2. The molecule has 0 spiro atoms. The molecular formula is C29H38N8O5. The van der Waals surface area contributed by atoms with E-state index in [1.807, 2.05) is 44.2 Å². The summed E-state index contributed by atoms with van der Waals surface area (Å²) in [6, 6.07) is 14.5. The predicted octanol–water partition coefficient (Wildman–Crippen LogP) is 4.50. The zero-order valence-corrected chi connectivity index (χ0v) is 24.9. The van der Waals surface area contributed by atoms with Gasteiger partial charge in [-0.05, 0) is 40.2 Å². The van der Waals surface area contributed by atoms with Crippen LogP contribution in [-0.4, -0.2) is 60.1 Å². The summed E-state index contributed by atoms with van der Waals surface area (Å²) in [6.45, 7) is 9.19. The van der Waals surface area contributed by atoms with Crippen molar-refractivity contribution in [3.8, 4) is 11.5 Å². The number of nitrogens with two attached hydrogens (primary N) is 1. The maximum Gasteiger partial charge on any atom is 0.408 e. The molecule has 13 nitrogen and oxygen atoms in total. The van der Waals surface area contributed by atoms with Gasteiger partial charge in [0.15, 0.2) is 11.6 Å². The van der Waals surface area contributed by atoms with Crippen LogP contribution in [0, 0.1) is 0 Å². The molecular weight excluding hydrogens is 540 g/mol. The molecule has 42 heavy (non-hydrogen) atoms. The molecule has 3 rings (SSSR count). The molecule has 0 aliphatic rings. The third kappa shape index (κ3) is 9.54. The van der Waals surface area contributed by atoms with Crippen molar-refractivity contribution in [3.63, 3.8) is 0 Å². The molecule has 0 radical (unpaired) electrons. The SMILES string of the molecule is COc1cc(Nc2nc(NCC(C)(C)NC(=O)OC(C)(C)C)nc(NN=Cc3ccccc3)c2C(N)=O)cc(OC)c1. The van der Waals surface area contributed by atoms with Gasteiger partial charge in [-0.2, -0.15) is 15.1 Å². The summed E-state index contributed by atoms with van der Waals surface area (Å²) < 4.78 is 16.1. The first-order valence-corrected chi connectivity index (χ1v) is 13.1. The first kappa shape index (κ1) is 31.5. The van der Waals surface area contributed by atoms with E-state index in [4.69, 9.17) is 19.9 Å². The van der Waals surface area contributed by atoms with Gasteiger partial charge in [0.25, 0.3) is 5.91 Å². The van der Waals surface area contributed by atoms with Gasteiger partial charge in [-0.25, -0.2) is 4.79 Å². The quantitative estimate of drug-likeness (QED) is 0.152. The van der Waals surface area contributed by atoms with Gasteiger partial charge in [0.05, 0.1) is 26.0 Å². The second kappa shape index (κ2) is 13.5. The molecule has 0 aliphatic heterocycles. The number of nitrogens with zero attached hydrogens (tertiary/aromatic N) is 3. The number of hydrogen-bond acceptors (Lipinski definition) is 11. The highest BCUT2D eigenvalue weighted by atomic mass is 16.6. The number of primary amides is 1. The largest absolute Gasteiger partial charge is 0.497 e. The average Bonchev–Trinajstić information content (AvgIpc) is 2.90. The Balaban J connectivity index is 1.97.